The molecule has 0 aliphatic heterocycles. The minimum absolute atomic E-state index is 0.0356. The number of carbonyl (C=O) groups excluding carboxylic acids is 1. The summed E-state index contributed by atoms with van der Waals surface area (Å²) in [5.74, 6) is -0.00653. The van der Waals surface area contributed by atoms with Crippen LogP contribution in [0.2, 0.25) is 0 Å². The van der Waals surface area contributed by atoms with Gasteiger partial charge in [0.2, 0.25) is 0 Å². The minimum Gasteiger partial charge on any atom is -0.295 e. The number of nitrogens with one attached hydrogen (secondary N) is 1. The molecule has 2 rings (SSSR count). The van der Waals surface area contributed by atoms with E-state index in [1.54, 1.807) is 0 Å². The van der Waals surface area contributed by atoms with Gasteiger partial charge in [-0.05, 0) is 31.9 Å². The number of carbonyl (C=O) groups is 1. The van der Waals surface area contributed by atoms with Crippen LogP contribution in [0.25, 0.3) is 5.69 Å². The number of hydrogen-bond donors (Lipinski definition) is 1. The number of aromatic amines is 1. The maximum absolute atomic E-state index is 13.4. The molecule has 1 atom stereocenters. The number of para-hydroxylation sites is 1. The van der Waals surface area contributed by atoms with E-state index < -0.39 is 0 Å². The van der Waals surface area contributed by atoms with Crippen molar-refractivity contribution < 1.29 is 4.79 Å². The molecule has 0 saturated heterocycles. The summed E-state index contributed by atoms with van der Waals surface area (Å²) >= 11 is 0. The number of benzene rings is 1. The fraction of sp³-hybridized carbons (Fsp3) is 0.615. The Kier molecular flexibility index (Phi) is 10.7. The van der Waals surface area contributed by atoms with Gasteiger partial charge in [-0.15, -0.1) is 0 Å². The van der Waals surface area contributed by atoms with Crippen molar-refractivity contribution in [2.45, 2.75) is 97.8 Å². The van der Waals surface area contributed by atoms with Gasteiger partial charge in [0.25, 0.3) is 5.56 Å². The summed E-state index contributed by atoms with van der Waals surface area (Å²) in [7, 11) is 0. The highest BCUT2D eigenvalue weighted by molar-refractivity contribution is 5.98. The highest BCUT2D eigenvalue weighted by atomic mass is 16.2. The second-order valence-corrected chi connectivity index (χ2v) is 8.55. The van der Waals surface area contributed by atoms with Crippen LogP contribution in [0.5, 0.6) is 0 Å². The number of aromatic nitrogens is 2. The molecule has 0 aliphatic carbocycles. The first-order valence-corrected chi connectivity index (χ1v) is 12.0. The summed E-state index contributed by atoms with van der Waals surface area (Å²) in [6.45, 7) is 6.27. The monoisotopic (exact) mass is 412 g/mol. The lowest BCUT2D eigenvalue weighted by atomic mass is 9.87. The summed E-state index contributed by atoms with van der Waals surface area (Å²) in [6.07, 6.45) is 13.7. The Morgan fingerprint density at radius 3 is 2.00 bits per heavy atom. The number of ketones is 1. The van der Waals surface area contributed by atoms with Gasteiger partial charge in [0.1, 0.15) is 5.56 Å². The van der Waals surface area contributed by atoms with Crippen molar-refractivity contribution in [1.82, 2.24) is 9.78 Å². The van der Waals surface area contributed by atoms with Crippen LogP contribution >= 0.6 is 0 Å². The molecule has 0 radical (unpaired) electrons. The van der Waals surface area contributed by atoms with Crippen molar-refractivity contribution in [2.75, 3.05) is 0 Å². The van der Waals surface area contributed by atoms with E-state index >= 15 is 0 Å². The quantitative estimate of drug-likeness (QED) is 0.253. The first kappa shape index (κ1) is 24.2. The normalized spacial score (nSPS) is 12.2. The molecule has 2 aromatic rings. The molecule has 0 amide bonds. The van der Waals surface area contributed by atoms with Gasteiger partial charge in [0.15, 0.2) is 5.78 Å². The fourth-order valence-electron chi connectivity index (χ4n) is 4.19. The number of H-pyrrole nitrogens is 1. The van der Waals surface area contributed by atoms with E-state index in [0.717, 1.165) is 37.8 Å². The van der Waals surface area contributed by atoms with Crippen LogP contribution in [0, 0.1) is 12.8 Å². The van der Waals surface area contributed by atoms with Crippen LogP contribution in [-0.4, -0.2) is 15.6 Å². The van der Waals surface area contributed by atoms with E-state index in [9.17, 15) is 9.59 Å². The predicted octanol–water partition coefficient (Wildman–Crippen LogP) is 6.99. The Hall–Kier alpha value is -2.10. The second-order valence-electron chi connectivity index (χ2n) is 8.55. The van der Waals surface area contributed by atoms with Gasteiger partial charge in [0, 0.05) is 11.6 Å². The van der Waals surface area contributed by atoms with Gasteiger partial charge in [-0.25, -0.2) is 4.68 Å². The molecule has 0 fully saturated rings. The molecule has 1 unspecified atom stereocenters. The molecule has 1 N–H and O–H groups in total. The van der Waals surface area contributed by atoms with E-state index in [1.807, 2.05) is 37.3 Å². The first-order chi connectivity index (χ1) is 14.6. The number of unbranched alkanes of at least 4 members (excludes halogenated alkanes) is 8. The van der Waals surface area contributed by atoms with Crippen molar-refractivity contribution in [2.24, 2.45) is 5.92 Å². The average molecular weight is 413 g/mol. The zero-order valence-electron chi connectivity index (χ0n) is 19.2. The molecule has 1 aromatic heterocycles. The highest BCUT2D eigenvalue weighted by Gasteiger charge is 2.26. The van der Waals surface area contributed by atoms with Gasteiger partial charge < -0.3 is 0 Å². The Bertz CT molecular complexity index is 804. The Labute approximate surface area is 182 Å². The maximum atomic E-state index is 13.4. The SMILES string of the molecule is CCCCCCCCC(CCCCCC)C(=O)c1c(C)[nH]n(-c2ccccc2)c1=O. The Balaban J connectivity index is 2.11. The van der Waals surface area contributed by atoms with Gasteiger partial charge in [-0.1, -0.05) is 96.3 Å². The van der Waals surface area contributed by atoms with Crippen LogP contribution in [0.3, 0.4) is 0 Å². The third-order valence-electron chi connectivity index (χ3n) is 6.02. The highest BCUT2D eigenvalue weighted by Crippen LogP contribution is 2.23. The molecule has 30 heavy (non-hydrogen) atoms. The lowest BCUT2D eigenvalue weighted by Crippen LogP contribution is -2.25. The first-order valence-electron chi connectivity index (χ1n) is 12.0. The zero-order chi connectivity index (χ0) is 21.8. The third-order valence-corrected chi connectivity index (χ3v) is 6.02. The summed E-state index contributed by atoms with van der Waals surface area (Å²) in [5, 5.41) is 3.12. The lowest BCUT2D eigenvalue weighted by Gasteiger charge is -2.15. The van der Waals surface area contributed by atoms with E-state index in [1.165, 1.54) is 49.6 Å². The average Bonchev–Trinajstić information content (AvgIpc) is 3.06. The van der Waals surface area contributed by atoms with Crippen molar-refractivity contribution in [3.05, 3.63) is 51.9 Å². The molecule has 1 heterocycles. The van der Waals surface area contributed by atoms with E-state index in [2.05, 4.69) is 18.9 Å². The number of aryl methyl sites for hydroxylation is 1. The van der Waals surface area contributed by atoms with Crippen molar-refractivity contribution in [1.29, 1.82) is 0 Å². The molecule has 166 valence electrons. The van der Waals surface area contributed by atoms with Crippen LogP contribution in [0.4, 0.5) is 0 Å². The summed E-state index contributed by atoms with van der Waals surface area (Å²) in [5.41, 5.74) is 1.57. The number of Topliss-reactive ketones (excluding diaryl/α,β-unsaturated/α-hetero) is 1. The van der Waals surface area contributed by atoms with E-state index in [4.69, 9.17) is 0 Å². The largest absolute Gasteiger partial charge is 0.295 e. The van der Waals surface area contributed by atoms with Gasteiger partial charge in [-0.2, -0.15) is 0 Å². The van der Waals surface area contributed by atoms with Crippen molar-refractivity contribution in [3.63, 3.8) is 0 Å². The minimum atomic E-state index is -0.217. The van der Waals surface area contributed by atoms with E-state index in [-0.39, 0.29) is 17.3 Å². The predicted molar refractivity (Wildman–Crippen MR) is 126 cm³/mol. The van der Waals surface area contributed by atoms with Crippen LogP contribution in [0.1, 0.15) is 107 Å². The molecule has 0 bridgehead atoms. The molecule has 0 spiro atoms. The van der Waals surface area contributed by atoms with Crippen molar-refractivity contribution >= 4 is 5.78 Å². The molecule has 0 aliphatic rings. The Morgan fingerprint density at radius 1 is 0.867 bits per heavy atom. The summed E-state index contributed by atoms with van der Waals surface area (Å²) in [6, 6.07) is 9.47. The van der Waals surface area contributed by atoms with Crippen LogP contribution < -0.4 is 5.56 Å². The molecule has 4 nitrogen and oxygen atoms in total. The number of nitrogens with zero attached hydrogens (tertiary/aromatic N) is 1. The summed E-state index contributed by atoms with van der Waals surface area (Å²) in [4.78, 5) is 26.5. The topological polar surface area (TPSA) is 54.9 Å². The fourth-order valence-corrected chi connectivity index (χ4v) is 4.19. The Morgan fingerprint density at radius 2 is 1.40 bits per heavy atom. The zero-order valence-corrected chi connectivity index (χ0v) is 19.2. The molecule has 0 saturated carbocycles. The lowest BCUT2D eigenvalue weighted by molar-refractivity contribution is 0.0900. The van der Waals surface area contributed by atoms with E-state index in [0.29, 0.717) is 11.3 Å². The third kappa shape index (κ3) is 7.00. The maximum Gasteiger partial charge on any atom is 0.282 e. The number of hydrogen-bond acceptors (Lipinski definition) is 2. The smallest absolute Gasteiger partial charge is 0.282 e. The van der Waals surface area contributed by atoms with Gasteiger partial charge >= 0.3 is 0 Å². The molecular formula is C26H40N2O2. The second kappa shape index (κ2) is 13.3. The van der Waals surface area contributed by atoms with Gasteiger partial charge in [-0.3, -0.25) is 14.7 Å². The molecule has 4 heteroatoms. The molecule has 1 aromatic carbocycles. The van der Waals surface area contributed by atoms with Gasteiger partial charge in [0.05, 0.1) is 5.69 Å². The number of rotatable bonds is 15. The standard InChI is InChI=1S/C26H40N2O2/c1-4-6-8-10-11-14-18-22(17-13-9-7-5-2)25(29)24-21(3)27-28(26(24)30)23-19-15-12-16-20-23/h12,15-16,19-20,22,27H,4-11,13-14,17-18H2,1-3H3. The van der Waals surface area contributed by atoms with Crippen LogP contribution in [-0.2, 0) is 0 Å². The summed E-state index contributed by atoms with van der Waals surface area (Å²) < 4.78 is 1.50. The van der Waals surface area contributed by atoms with Crippen molar-refractivity contribution in [3.8, 4) is 5.69 Å². The molecular weight excluding hydrogens is 372 g/mol. The van der Waals surface area contributed by atoms with Crippen LogP contribution in [0.15, 0.2) is 35.1 Å².